The van der Waals surface area contributed by atoms with E-state index < -0.39 is 0 Å². The lowest BCUT2D eigenvalue weighted by atomic mass is 9.96. The number of aryl methyl sites for hydroxylation is 1. The van der Waals surface area contributed by atoms with E-state index in [1.807, 2.05) is 35.9 Å². The van der Waals surface area contributed by atoms with Crippen LogP contribution in [-0.4, -0.2) is 43.5 Å². The number of nitrogens with zero attached hydrogens (tertiary/aromatic N) is 6. The first-order chi connectivity index (χ1) is 13.7. The molecule has 0 bridgehead atoms. The van der Waals surface area contributed by atoms with Crippen LogP contribution in [0.5, 0.6) is 0 Å². The Bertz CT molecular complexity index is 932. The van der Waals surface area contributed by atoms with Gasteiger partial charge in [0.1, 0.15) is 23.8 Å². The predicted molar refractivity (Wildman–Crippen MR) is 105 cm³/mol. The van der Waals surface area contributed by atoms with Crippen molar-refractivity contribution in [3.05, 3.63) is 60.7 Å². The molecule has 1 fully saturated rings. The van der Waals surface area contributed by atoms with Gasteiger partial charge in [-0.3, -0.25) is 14.3 Å². The zero-order valence-electron chi connectivity index (χ0n) is 15.8. The number of rotatable bonds is 5. The van der Waals surface area contributed by atoms with Crippen LogP contribution in [-0.2, 0) is 11.3 Å². The number of hydrogen-bond donors (Lipinski definition) is 1. The highest BCUT2D eigenvalue weighted by atomic mass is 16.1. The van der Waals surface area contributed by atoms with Crippen LogP contribution in [0.15, 0.2) is 49.3 Å². The van der Waals surface area contributed by atoms with Crippen LogP contribution in [0.1, 0.15) is 24.2 Å². The molecule has 144 valence electrons. The van der Waals surface area contributed by atoms with Crippen molar-refractivity contribution >= 4 is 11.7 Å². The Morgan fingerprint density at radius 1 is 1.18 bits per heavy atom. The minimum atomic E-state index is 0.0325. The van der Waals surface area contributed by atoms with Gasteiger partial charge in [-0.05, 0) is 31.4 Å². The predicted octanol–water partition coefficient (Wildman–Crippen LogP) is 1.90. The van der Waals surface area contributed by atoms with E-state index in [4.69, 9.17) is 0 Å². The maximum Gasteiger partial charge on any atom is 0.223 e. The van der Waals surface area contributed by atoms with Gasteiger partial charge in [0, 0.05) is 56.4 Å². The van der Waals surface area contributed by atoms with Crippen LogP contribution in [0.25, 0.3) is 5.82 Å². The fraction of sp³-hybridized carbons (Fsp3) is 0.350. The largest absolute Gasteiger partial charge is 0.356 e. The molecule has 8 nitrogen and oxygen atoms in total. The molecule has 1 amide bonds. The smallest absolute Gasteiger partial charge is 0.223 e. The van der Waals surface area contributed by atoms with Crippen molar-refractivity contribution in [3.8, 4) is 5.82 Å². The Labute approximate surface area is 163 Å². The van der Waals surface area contributed by atoms with Crippen molar-refractivity contribution in [2.45, 2.75) is 26.3 Å². The van der Waals surface area contributed by atoms with Gasteiger partial charge in [-0.25, -0.2) is 15.0 Å². The Morgan fingerprint density at radius 2 is 2.00 bits per heavy atom. The third-order valence-corrected chi connectivity index (χ3v) is 5.09. The number of nitrogens with one attached hydrogen (secondary N) is 1. The second kappa shape index (κ2) is 8.16. The molecule has 0 saturated carbocycles. The Kier molecular flexibility index (Phi) is 5.27. The molecule has 3 aromatic heterocycles. The number of carbonyl (C=O) groups is 1. The molecular weight excluding hydrogens is 354 g/mol. The molecule has 0 aromatic carbocycles. The fourth-order valence-electron chi connectivity index (χ4n) is 3.47. The van der Waals surface area contributed by atoms with Crippen LogP contribution in [0.3, 0.4) is 0 Å². The number of imidazole rings is 1. The zero-order valence-corrected chi connectivity index (χ0v) is 15.8. The molecule has 8 heteroatoms. The summed E-state index contributed by atoms with van der Waals surface area (Å²) in [6, 6.07) is 5.81. The monoisotopic (exact) mass is 377 g/mol. The van der Waals surface area contributed by atoms with E-state index in [1.165, 1.54) is 0 Å². The van der Waals surface area contributed by atoms with Gasteiger partial charge < -0.3 is 10.2 Å². The standard InChI is InChI=1S/C20H23N7O/c1-15-22-7-10-27(15)19-11-18(24-14-25-19)26-8-4-17(5-9-26)20(28)23-13-16-3-2-6-21-12-16/h2-3,6-7,10-12,14,17H,4-5,8-9,13H2,1H3,(H,23,28). The number of piperidine rings is 1. The van der Waals surface area contributed by atoms with Crippen molar-refractivity contribution in [1.29, 1.82) is 0 Å². The zero-order chi connectivity index (χ0) is 19.3. The molecule has 0 spiro atoms. The molecule has 28 heavy (non-hydrogen) atoms. The van der Waals surface area contributed by atoms with Crippen LogP contribution in [0.2, 0.25) is 0 Å². The lowest BCUT2D eigenvalue weighted by molar-refractivity contribution is -0.125. The minimum Gasteiger partial charge on any atom is -0.356 e. The summed E-state index contributed by atoms with van der Waals surface area (Å²) in [5.74, 6) is 2.71. The number of aromatic nitrogens is 5. The van der Waals surface area contributed by atoms with Crippen LogP contribution < -0.4 is 10.2 Å². The summed E-state index contributed by atoms with van der Waals surface area (Å²) in [5, 5.41) is 3.02. The van der Waals surface area contributed by atoms with E-state index >= 15 is 0 Å². The second-order valence-electron chi connectivity index (χ2n) is 6.92. The van der Waals surface area contributed by atoms with E-state index in [9.17, 15) is 4.79 Å². The van der Waals surface area contributed by atoms with Crippen LogP contribution in [0, 0.1) is 12.8 Å². The molecule has 1 saturated heterocycles. The maximum absolute atomic E-state index is 12.5. The van der Waals surface area contributed by atoms with Gasteiger partial charge in [-0.1, -0.05) is 6.07 Å². The van der Waals surface area contributed by atoms with Crippen molar-refractivity contribution in [3.63, 3.8) is 0 Å². The van der Waals surface area contributed by atoms with Crippen molar-refractivity contribution in [2.75, 3.05) is 18.0 Å². The van der Waals surface area contributed by atoms with E-state index in [0.717, 1.165) is 49.0 Å². The number of pyridine rings is 1. The minimum absolute atomic E-state index is 0.0325. The van der Waals surface area contributed by atoms with Crippen molar-refractivity contribution in [2.24, 2.45) is 5.92 Å². The van der Waals surface area contributed by atoms with Gasteiger partial charge in [0.15, 0.2) is 0 Å². The summed E-state index contributed by atoms with van der Waals surface area (Å²) in [6.07, 6.45) is 10.3. The van der Waals surface area contributed by atoms with E-state index in [2.05, 4.69) is 30.2 Å². The molecule has 1 aliphatic rings. The Morgan fingerprint density at radius 3 is 2.71 bits per heavy atom. The van der Waals surface area contributed by atoms with E-state index in [-0.39, 0.29) is 11.8 Å². The number of hydrogen-bond acceptors (Lipinski definition) is 6. The van der Waals surface area contributed by atoms with Gasteiger partial charge in [-0.2, -0.15) is 0 Å². The number of amides is 1. The third-order valence-electron chi connectivity index (χ3n) is 5.09. The first-order valence-electron chi connectivity index (χ1n) is 9.44. The molecule has 0 radical (unpaired) electrons. The molecule has 4 rings (SSSR count). The van der Waals surface area contributed by atoms with Gasteiger partial charge in [-0.15, -0.1) is 0 Å². The molecule has 0 aliphatic carbocycles. The lowest BCUT2D eigenvalue weighted by Crippen LogP contribution is -2.40. The molecule has 4 heterocycles. The van der Waals surface area contributed by atoms with E-state index in [0.29, 0.717) is 6.54 Å². The van der Waals surface area contributed by atoms with Gasteiger partial charge >= 0.3 is 0 Å². The third kappa shape index (κ3) is 4.00. The number of carbonyl (C=O) groups excluding carboxylic acids is 1. The molecule has 3 aromatic rings. The topological polar surface area (TPSA) is 88.8 Å². The van der Waals surface area contributed by atoms with Crippen LogP contribution in [0.4, 0.5) is 5.82 Å². The van der Waals surface area contributed by atoms with Gasteiger partial charge in [0.25, 0.3) is 0 Å². The average molecular weight is 377 g/mol. The molecule has 1 N–H and O–H groups in total. The molecular formula is C20H23N7O. The van der Waals surface area contributed by atoms with Gasteiger partial charge in [0.05, 0.1) is 0 Å². The summed E-state index contributed by atoms with van der Waals surface area (Å²) in [5.41, 5.74) is 1.01. The fourth-order valence-corrected chi connectivity index (χ4v) is 3.47. The SMILES string of the molecule is Cc1nccn1-c1cc(N2CCC(C(=O)NCc3cccnc3)CC2)ncn1. The van der Waals surface area contributed by atoms with Crippen molar-refractivity contribution in [1.82, 2.24) is 29.8 Å². The summed E-state index contributed by atoms with van der Waals surface area (Å²) in [7, 11) is 0. The summed E-state index contributed by atoms with van der Waals surface area (Å²) >= 11 is 0. The summed E-state index contributed by atoms with van der Waals surface area (Å²) in [6.45, 7) is 4.05. The summed E-state index contributed by atoms with van der Waals surface area (Å²) in [4.78, 5) is 31.8. The highest BCUT2D eigenvalue weighted by molar-refractivity contribution is 5.79. The first kappa shape index (κ1) is 18.1. The average Bonchev–Trinajstić information content (AvgIpc) is 3.19. The second-order valence-corrected chi connectivity index (χ2v) is 6.92. The number of anilines is 1. The van der Waals surface area contributed by atoms with Crippen molar-refractivity contribution < 1.29 is 4.79 Å². The maximum atomic E-state index is 12.5. The van der Waals surface area contributed by atoms with Crippen LogP contribution >= 0.6 is 0 Å². The highest BCUT2D eigenvalue weighted by Crippen LogP contribution is 2.23. The van der Waals surface area contributed by atoms with Gasteiger partial charge in [0.2, 0.25) is 5.91 Å². The molecule has 0 atom stereocenters. The van der Waals surface area contributed by atoms with E-state index in [1.54, 1.807) is 24.9 Å². The Balaban J connectivity index is 1.34. The lowest BCUT2D eigenvalue weighted by Gasteiger charge is -2.32. The summed E-state index contributed by atoms with van der Waals surface area (Å²) < 4.78 is 1.93. The quantitative estimate of drug-likeness (QED) is 0.731. The molecule has 1 aliphatic heterocycles. The highest BCUT2D eigenvalue weighted by Gasteiger charge is 2.25. The normalized spacial score (nSPS) is 14.8. The molecule has 0 unspecified atom stereocenters. The first-order valence-corrected chi connectivity index (χ1v) is 9.44. The Hall–Kier alpha value is -3.29.